The number of amides is 1. The zero-order valence-electron chi connectivity index (χ0n) is 8.67. The van der Waals surface area contributed by atoms with Crippen molar-refractivity contribution >= 4 is 11.9 Å². The Morgan fingerprint density at radius 3 is 2.73 bits per heavy atom. The lowest BCUT2D eigenvalue weighted by molar-refractivity contribution is -0.128. The molecule has 1 amide bonds. The molecule has 1 N–H and O–H groups in total. The van der Waals surface area contributed by atoms with Crippen LogP contribution in [-0.2, 0) is 11.3 Å². The minimum absolute atomic E-state index is 0.0539. The first kappa shape index (κ1) is 11.2. The van der Waals surface area contributed by atoms with E-state index in [0.717, 1.165) is 0 Å². The van der Waals surface area contributed by atoms with Gasteiger partial charge >= 0.3 is 5.97 Å². The Balaban J connectivity index is 2.62. The lowest BCUT2D eigenvalue weighted by atomic mass is 10.3. The average Bonchev–Trinajstić information content (AvgIpc) is 2.61. The summed E-state index contributed by atoms with van der Waals surface area (Å²) in [7, 11) is 3.31. The number of carbonyl (C=O) groups is 2. The molecule has 0 bridgehead atoms. The van der Waals surface area contributed by atoms with E-state index in [4.69, 9.17) is 5.11 Å². The van der Waals surface area contributed by atoms with Crippen molar-refractivity contribution in [2.45, 2.75) is 13.0 Å². The topological polar surface area (TPSA) is 75.4 Å². The molecule has 0 radical (unpaired) electrons. The van der Waals surface area contributed by atoms with E-state index in [-0.39, 0.29) is 24.6 Å². The predicted octanol–water partition coefficient (Wildman–Crippen LogP) is 0.0596. The van der Waals surface area contributed by atoms with Gasteiger partial charge in [0.2, 0.25) is 5.91 Å². The second-order valence-electron chi connectivity index (χ2n) is 3.28. The molecule has 0 saturated heterocycles. The zero-order chi connectivity index (χ0) is 11.4. The van der Waals surface area contributed by atoms with E-state index in [1.54, 1.807) is 14.1 Å². The number of carbonyl (C=O) groups excluding carboxylic acids is 1. The van der Waals surface area contributed by atoms with Crippen LogP contribution in [0.2, 0.25) is 0 Å². The second-order valence-corrected chi connectivity index (χ2v) is 3.28. The van der Waals surface area contributed by atoms with Crippen molar-refractivity contribution < 1.29 is 14.7 Å². The molecule has 0 aromatic carbocycles. The van der Waals surface area contributed by atoms with Gasteiger partial charge in [-0.25, -0.2) is 4.79 Å². The Morgan fingerprint density at radius 2 is 2.20 bits per heavy atom. The second kappa shape index (κ2) is 4.59. The highest BCUT2D eigenvalue weighted by Crippen LogP contribution is 2.01. The van der Waals surface area contributed by atoms with Crippen LogP contribution in [0.15, 0.2) is 12.3 Å². The third kappa shape index (κ3) is 2.80. The van der Waals surface area contributed by atoms with E-state index < -0.39 is 5.97 Å². The highest BCUT2D eigenvalue weighted by molar-refractivity contribution is 5.85. The summed E-state index contributed by atoms with van der Waals surface area (Å²) in [4.78, 5) is 23.4. The van der Waals surface area contributed by atoms with Gasteiger partial charge in [-0.3, -0.25) is 9.48 Å². The summed E-state index contributed by atoms with van der Waals surface area (Å²) >= 11 is 0. The maximum atomic E-state index is 11.3. The molecule has 1 rings (SSSR count). The van der Waals surface area contributed by atoms with Crippen molar-refractivity contribution in [3.63, 3.8) is 0 Å². The van der Waals surface area contributed by atoms with Crippen molar-refractivity contribution in [2.24, 2.45) is 0 Å². The van der Waals surface area contributed by atoms with Gasteiger partial charge in [0.1, 0.15) is 5.69 Å². The maximum Gasteiger partial charge on any atom is 0.354 e. The Bertz CT molecular complexity index is 370. The number of hydrogen-bond acceptors (Lipinski definition) is 3. The average molecular weight is 211 g/mol. The fraction of sp³-hybridized carbons (Fsp3) is 0.444. The molecule has 1 aromatic heterocycles. The highest BCUT2D eigenvalue weighted by atomic mass is 16.4. The summed E-state index contributed by atoms with van der Waals surface area (Å²) in [5, 5.41) is 12.6. The van der Waals surface area contributed by atoms with Crippen molar-refractivity contribution in [1.82, 2.24) is 14.7 Å². The van der Waals surface area contributed by atoms with Crippen molar-refractivity contribution in [1.29, 1.82) is 0 Å². The SMILES string of the molecule is CN(C)C(=O)CCn1nccc1C(=O)O. The molecule has 0 saturated carbocycles. The molecule has 15 heavy (non-hydrogen) atoms. The van der Waals surface area contributed by atoms with E-state index in [9.17, 15) is 9.59 Å². The summed E-state index contributed by atoms with van der Waals surface area (Å²) in [6.45, 7) is 0.283. The van der Waals surface area contributed by atoms with E-state index in [1.165, 1.54) is 21.8 Å². The molecule has 6 nitrogen and oxygen atoms in total. The lowest BCUT2D eigenvalue weighted by Gasteiger charge is -2.10. The van der Waals surface area contributed by atoms with Crippen LogP contribution in [0, 0.1) is 0 Å². The summed E-state index contributed by atoms with van der Waals surface area (Å²) in [5.74, 6) is -1.09. The smallest absolute Gasteiger partial charge is 0.354 e. The first-order valence-corrected chi connectivity index (χ1v) is 4.47. The van der Waals surface area contributed by atoms with Crippen LogP contribution in [0.4, 0.5) is 0 Å². The van der Waals surface area contributed by atoms with Crippen LogP contribution in [0.25, 0.3) is 0 Å². The predicted molar refractivity (Wildman–Crippen MR) is 52.5 cm³/mol. The fourth-order valence-electron chi connectivity index (χ4n) is 1.12. The normalized spacial score (nSPS) is 10.0. The Kier molecular flexibility index (Phi) is 3.43. The Labute approximate surface area is 87.1 Å². The monoisotopic (exact) mass is 211 g/mol. The molecule has 82 valence electrons. The fourth-order valence-corrected chi connectivity index (χ4v) is 1.12. The van der Waals surface area contributed by atoms with Gasteiger partial charge in [0.05, 0.1) is 6.54 Å². The van der Waals surface area contributed by atoms with Gasteiger partial charge in [0.15, 0.2) is 0 Å². The molecule has 0 aliphatic heterocycles. The van der Waals surface area contributed by atoms with E-state index >= 15 is 0 Å². The van der Waals surface area contributed by atoms with Crippen LogP contribution >= 0.6 is 0 Å². The molecule has 0 atom stereocenters. The van der Waals surface area contributed by atoms with E-state index in [1.807, 2.05) is 0 Å². The molecule has 0 aliphatic carbocycles. The number of carboxylic acids is 1. The number of aryl methyl sites for hydroxylation is 1. The third-order valence-corrected chi connectivity index (χ3v) is 1.97. The van der Waals surface area contributed by atoms with Crippen LogP contribution < -0.4 is 0 Å². The summed E-state index contributed by atoms with van der Waals surface area (Å²) in [5.41, 5.74) is 0.0987. The minimum atomic E-state index is -1.04. The number of aromatic carboxylic acids is 1. The van der Waals surface area contributed by atoms with Crippen LogP contribution in [0.3, 0.4) is 0 Å². The summed E-state index contributed by atoms with van der Waals surface area (Å²) in [6, 6.07) is 1.41. The highest BCUT2D eigenvalue weighted by Gasteiger charge is 2.11. The van der Waals surface area contributed by atoms with Crippen molar-refractivity contribution in [2.75, 3.05) is 14.1 Å². The van der Waals surface area contributed by atoms with Gasteiger partial charge in [-0.05, 0) is 6.07 Å². The molecule has 0 spiro atoms. The molecule has 0 fully saturated rings. The number of hydrogen-bond donors (Lipinski definition) is 1. The van der Waals surface area contributed by atoms with Gasteiger partial charge in [-0.1, -0.05) is 0 Å². The van der Waals surface area contributed by atoms with Gasteiger partial charge < -0.3 is 10.0 Å². The van der Waals surface area contributed by atoms with Gasteiger partial charge in [-0.2, -0.15) is 5.10 Å². The number of carboxylic acid groups (broad SMARTS) is 1. The molecular formula is C9H13N3O3. The van der Waals surface area contributed by atoms with Crippen molar-refractivity contribution in [3.8, 4) is 0 Å². The third-order valence-electron chi connectivity index (χ3n) is 1.97. The minimum Gasteiger partial charge on any atom is -0.477 e. The molecule has 0 unspecified atom stereocenters. The Hall–Kier alpha value is -1.85. The molecule has 6 heteroatoms. The number of rotatable bonds is 4. The maximum absolute atomic E-state index is 11.3. The Morgan fingerprint density at radius 1 is 1.53 bits per heavy atom. The molecule has 0 aliphatic rings. The molecular weight excluding hydrogens is 198 g/mol. The van der Waals surface area contributed by atoms with Crippen LogP contribution in [-0.4, -0.2) is 45.8 Å². The lowest BCUT2D eigenvalue weighted by Crippen LogP contribution is -2.23. The standard InChI is InChI=1S/C9H13N3O3/c1-11(2)8(13)4-6-12-7(9(14)15)3-5-10-12/h3,5H,4,6H2,1-2H3,(H,14,15). The van der Waals surface area contributed by atoms with Crippen LogP contribution in [0.5, 0.6) is 0 Å². The summed E-state index contributed by atoms with van der Waals surface area (Å²) in [6.07, 6.45) is 1.65. The van der Waals surface area contributed by atoms with E-state index in [2.05, 4.69) is 5.10 Å². The quantitative estimate of drug-likeness (QED) is 0.764. The number of nitrogens with zero attached hydrogens (tertiary/aromatic N) is 3. The summed E-state index contributed by atoms with van der Waals surface area (Å²) < 4.78 is 1.31. The van der Waals surface area contributed by atoms with Gasteiger partial charge in [0.25, 0.3) is 0 Å². The van der Waals surface area contributed by atoms with Gasteiger partial charge in [0, 0.05) is 26.7 Å². The molecule has 1 aromatic rings. The first-order valence-electron chi connectivity index (χ1n) is 4.47. The van der Waals surface area contributed by atoms with Crippen LogP contribution in [0.1, 0.15) is 16.9 Å². The van der Waals surface area contributed by atoms with Crippen molar-refractivity contribution in [3.05, 3.63) is 18.0 Å². The van der Waals surface area contributed by atoms with E-state index in [0.29, 0.717) is 0 Å². The zero-order valence-corrected chi connectivity index (χ0v) is 8.67. The first-order chi connectivity index (χ1) is 7.02. The number of aromatic nitrogens is 2. The molecule has 1 heterocycles. The largest absolute Gasteiger partial charge is 0.477 e. The van der Waals surface area contributed by atoms with Gasteiger partial charge in [-0.15, -0.1) is 0 Å².